The minimum atomic E-state index is -0.206. The van der Waals surface area contributed by atoms with Crippen molar-refractivity contribution in [3.05, 3.63) is 29.8 Å². The van der Waals surface area contributed by atoms with Gasteiger partial charge in [-0.25, -0.2) is 0 Å². The molecule has 0 spiro atoms. The summed E-state index contributed by atoms with van der Waals surface area (Å²) < 4.78 is 5.63. The molecule has 4 fully saturated rings. The predicted molar refractivity (Wildman–Crippen MR) is 115 cm³/mol. The van der Waals surface area contributed by atoms with E-state index in [1.165, 1.54) is 44.1 Å². The zero-order chi connectivity index (χ0) is 19.9. The third kappa shape index (κ3) is 4.35. The molecule has 28 heavy (non-hydrogen) atoms. The molecule has 0 unspecified atom stereocenters. The molecule has 2 N–H and O–H groups in total. The zero-order valence-electron chi connectivity index (χ0n) is 17.2. The van der Waals surface area contributed by atoms with Crippen LogP contribution >= 0.6 is 12.2 Å². The molecule has 152 valence electrons. The van der Waals surface area contributed by atoms with Gasteiger partial charge in [-0.1, -0.05) is 32.9 Å². The summed E-state index contributed by atoms with van der Waals surface area (Å²) in [6.45, 7) is 6.49. The fraction of sp³-hybridized carbons (Fsp3) is 0.652. The molecule has 0 heterocycles. The summed E-state index contributed by atoms with van der Waals surface area (Å²) >= 11 is 5.46. The highest BCUT2D eigenvalue weighted by Crippen LogP contribution is 2.55. The van der Waals surface area contributed by atoms with E-state index in [9.17, 15) is 4.79 Å². The maximum atomic E-state index is 12.3. The SMILES string of the molecule is CC(C)(C)c1ccc(OCC(=O)NC(=S)NC23CC4CC(CC(C4)C2)C3)cc1. The summed E-state index contributed by atoms with van der Waals surface area (Å²) in [5, 5.41) is 6.80. The third-order valence-corrected chi connectivity index (χ3v) is 6.96. The van der Waals surface area contributed by atoms with Crippen LogP contribution in [0.4, 0.5) is 0 Å². The minimum Gasteiger partial charge on any atom is -0.484 e. The van der Waals surface area contributed by atoms with Crippen molar-refractivity contribution >= 4 is 23.2 Å². The van der Waals surface area contributed by atoms with Gasteiger partial charge in [-0.15, -0.1) is 0 Å². The van der Waals surface area contributed by atoms with Crippen molar-refractivity contribution in [2.45, 2.75) is 70.3 Å². The van der Waals surface area contributed by atoms with Crippen LogP contribution in [0.25, 0.3) is 0 Å². The Bertz CT molecular complexity index is 716. The van der Waals surface area contributed by atoms with E-state index in [1.807, 2.05) is 24.3 Å². The van der Waals surface area contributed by atoms with Gasteiger partial charge in [0.25, 0.3) is 5.91 Å². The lowest BCUT2D eigenvalue weighted by Crippen LogP contribution is -2.62. The van der Waals surface area contributed by atoms with Gasteiger partial charge in [0, 0.05) is 5.54 Å². The first kappa shape index (κ1) is 19.7. The number of ether oxygens (including phenoxy) is 1. The van der Waals surface area contributed by atoms with Crippen molar-refractivity contribution in [3.63, 3.8) is 0 Å². The molecular weight excluding hydrogens is 368 g/mol. The molecule has 0 radical (unpaired) electrons. The monoisotopic (exact) mass is 400 g/mol. The second-order valence-corrected chi connectivity index (χ2v) is 10.7. The normalized spacial score (nSPS) is 30.8. The van der Waals surface area contributed by atoms with Gasteiger partial charge in [0.2, 0.25) is 0 Å². The fourth-order valence-electron chi connectivity index (χ4n) is 5.90. The van der Waals surface area contributed by atoms with Gasteiger partial charge < -0.3 is 15.4 Å². The summed E-state index contributed by atoms with van der Waals surface area (Å²) in [5.41, 5.74) is 1.46. The lowest BCUT2D eigenvalue weighted by molar-refractivity contribution is -0.121. The number of amides is 1. The first-order valence-corrected chi connectivity index (χ1v) is 11.0. The van der Waals surface area contributed by atoms with Crippen molar-refractivity contribution in [1.29, 1.82) is 0 Å². The van der Waals surface area contributed by atoms with Crippen LogP contribution in [0.15, 0.2) is 24.3 Å². The van der Waals surface area contributed by atoms with Crippen molar-refractivity contribution in [1.82, 2.24) is 10.6 Å². The van der Waals surface area contributed by atoms with Crippen molar-refractivity contribution in [3.8, 4) is 5.75 Å². The van der Waals surface area contributed by atoms with Crippen LogP contribution in [0.1, 0.15) is 64.9 Å². The number of nitrogens with one attached hydrogen (secondary N) is 2. The van der Waals surface area contributed by atoms with E-state index in [0.717, 1.165) is 17.8 Å². The highest BCUT2D eigenvalue weighted by molar-refractivity contribution is 7.80. The Balaban J connectivity index is 1.25. The van der Waals surface area contributed by atoms with E-state index in [0.29, 0.717) is 10.9 Å². The maximum absolute atomic E-state index is 12.3. The Morgan fingerprint density at radius 1 is 1.07 bits per heavy atom. The standard InChI is InChI=1S/C23H32N2O2S/c1-22(2,3)18-4-6-19(7-5-18)27-14-20(26)24-21(28)25-23-11-15-8-16(12-23)10-17(9-15)13-23/h4-7,15-17H,8-14H2,1-3H3,(H2,24,25,26,28). The highest BCUT2D eigenvalue weighted by Gasteiger charge is 2.51. The van der Waals surface area contributed by atoms with Gasteiger partial charge in [0.05, 0.1) is 0 Å². The molecule has 4 aliphatic carbocycles. The summed E-state index contributed by atoms with van der Waals surface area (Å²) in [6, 6.07) is 7.93. The number of hydrogen-bond acceptors (Lipinski definition) is 3. The van der Waals surface area contributed by atoms with E-state index < -0.39 is 0 Å². The van der Waals surface area contributed by atoms with Gasteiger partial charge in [-0.3, -0.25) is 4.79 Å². The molecule has 5 rings (SSSR count). The van der Waals surface area contributed by atoms with Crippen molar-refractivity contribution < 1.29 is 9.53 Å². The Morgan fingerprint density at radius 2 is 1.61 bits per heavy atom. The number of benzene rings is 1. The Labute approximate surface area is 173 Å². The van der Waals surface area contributed by atoms with Gasteiger partial charge in [-0.05, 0) is 91.6 Å². The minimum absolute atomic E-state index is 0.0302. The molecule has 4 aliphatic rings. The quantitative estimate of drug-likeness (QED) is 0.739. The summed E-state index contributed by atoms with van der Waals surface area (Å²) in [4.78, 5) is 12.3. The largest absolute Gasteiger partial charge is 0.484 e. The lowest BCUT2D eigenvalue weighted by atomic mass is 9.53. The van der Waals surface area contributed by atoms with Crippen LogP contribution in [0.2, 0.25) is 0 Å². The van der Waals surface area contributed by atoms with E-state index in [2.05, 4.69) is 31.4 Å². The molecule has 0 saturated heterocycles. The molecule has 4 nitrogen and oxygen atoms in total. The van der Waals surface area contributed by atoms with Gasteiger partial charge in [0.15, 0.2) is 11.7 Å². The van der Waals surface area contributed by atoms with Crippen molar-refractivity contribution in [2.75, 3.05) is 6.61 Å². The summed E-state index contributed by atoms with van der Waals surface area (Å²) in [7, 11) is 0. The molecule has 1 aromatic carbocycles. The van der Waals surface area contributed by atoms with Gasteiger partial charge in [-0.2, -0.15) is 0 Å². The van der Waals surface area contributed by atoms with E-state index in [4.69, 9.17) is 17.0 Å². The maximum Gasteiger partial charge on any atom is 0.264 e. The first-order chi connectivity index (χ1) is 13.2. The van der Waals surface area contributed by atoms with E-state index in [1.54, 1.807) is 0 Å². The summed E-state index contributed by atoms with van der Waals surface area (Å²) in [5.74, 6) is 3.02. The van der Waals surface area contributed by atoms with Crippen LogP contribution in [-0.4, -0.2) is 23.2 Å². The molecule has 0 aromatic heterocycles. The van der Waals surface area contributed by atoms with Crippen LogP contribution in [0.5, 0.6) is 5.75 Å². The number of rotatable bonds is 4. The molecule has 0 aliphatic heterocycles. The number of thiocarbonyl (C=S) groups is 1. The molecule has 4 bridgehead atoms. The number of carbonyl (C=O) groups excluding carboxylic acids is 1. The molecule has 0 atom stereocenters. The predicted octanol–water partition coefficient (Wildman–Crippen LogP) is 4.32. The zero-order valence-corrected chi connectivity index (χ0v) is 18.0. The fourth-order valence-corrected chi connectivity index (χ4v) is 6.23. The Morgan fingerprint density at radius 3 is 2.11 bits per heavy atom. The molecule has 1 amide bonds. The average molecular weight is 401 g/mol. The van der Waals surface area contributed by atoms with Crippen LogP contribution in [0, 0.1) is 17.8 Å². The van der Waals surface area contributed by atoms with Crippen molar-refractivity contribution in [2.24, 2.45) is 17.8 Å². The molecule has 5 heteroatoms. The van der Waals surface area contributed by atoms with E-state index in [-0.39, 0.29) is 23.5 Å². The first-order valence-electron chi connectivity index (χ1n) is 10.6. The van der Waals surface area contributed by atoms with E-state index >= 15 is 0 Å². The van der Waals surface area contributed by atoms with Gasteiger partial charge >= 0.3 is 0 Å². The Hall–Kier alpha value is -1.62. The Kier molecular flexibility index (Phi) is 5.15. The van der Waals surface area contributed by atoms with Gasteiger partial charge in [0.1, 0.15) is 5.75 Å². The topological polar surface area (TPSA) is 50.4 Å². The lowest BCUT2D eigenvalue weighted by Gasteiger charge is -2.57. The molecular formula is C23H32N2O2S. The number of carbonyl (C=O) groups is 1. The second-order valence-electron chi connectivity index (χ2n) is 10.3. The highest BCUT2D eigenvalue weighted by atomic mass is 32.1. The third-order valence-electron chi connectivity index (χ3n) is 6.76. The second kappa shape index (κ2) is 7.33. The van der Waals surface area contributed by atoms with Crippen LogP contribution in [-0.2, 0) is 10.2 Å². The van der Waals surface area contributed by atoms with Crippen LogP contribution in [0.3, 0.4) is 0 Å². The molecule has 4 saturated carbocycles. The van der Waals surface area contributed by atoms with Crippen LogP contribution < -0.4 is 15.4 Å². The average Bonchev–Trinajstić information content (AvgIpc) is 2.57. The smallest absolute Gasteiger partial charge is 0.264 e. The summed E-state index contributed by atoms with van der Waals surface area (Å²) in [6.07, 6.45) is 7.77. The molecule has 1 aromatic rings. The number of hydrogen-bond donors (Lipinski definition) is 2.